The maximum Gasteiger partial charge on any atom is 0.123 e. The van der Waals surface area contributed by atoms with Gasteiger partial charge in [-0.15, -0.1) is 0 Å². The van der Waals surface area contributed by atoms with E-state index >= 15 is 0 Å². The Bertz CT molecular complexity index is 550. The van der Waals surface area contributed by atoms with Crippen molar-refractivity contribution in [2.45, 2.75) is 26.4 Å². The second-order valence-electron chi connectivity index (χ2n) is 5.13. The third-order valence-corrected chi connectivity index (χ3v) is 3.74. The zero-order valence-corrected chi connectivity index (χ0v) is 12.6. The van der Waals surface area contributed by atoms with Crippen molar-refractivity contribution in [1.29, 1.82) is 0 Å². The normalized spacial score (nSPS) is 12.2. The van der Waals surface area contributed by atoms with Crippen LogP contribution in [0.15, 0.2) is 48.5 Å². The number of aliphatic hydroxyl groups excluding tert-OH is 1. The van der Waals surface area contributed by atoms with Gasteiger partial charge in [0.05, 0.1) is 6.10 Å². The molecule has 0 radical (unpaired) electrons. The summed E-state index contributed by atoms with van der Waals surface area (Å²) in [5, 5.41) is 10.4. The molecule has 1 atom stereocenters. The highest BCUT2D eigenvalue weighted by molar-refractivity contribution is 5.46. The molecule has 2 rings (SSSR count). The van der Waals surface area contributed by atoms with Crippen molar-refractivity contribution in [3.05, 3.63) is 65.5 Å². The zero-order valence-electron chi connectivity index (χ0n) is 12.6. The molecule has 1 unspecified atom stereocenters. The highest BCUT2D eigenvalue weighted by Gasteiger charge is 2.13. The Morgan fingerprint density at radius 1 is 1.00 bits per heavy atom. The molecule has 2 aromatic carbocycles. The van der Waals surface area contributed by atoms with E-state index in [1.54, 1.807) is 12.1 Å². The standard InChI is InChI=1S/C18H22FNO/c1-3-14-5-7-15(8-6-14)18(21)13-20(4-2)17-11-9-16(19)10-12-17/h5-12,18,21H,3-4,13H2,1-2H3. The van der Waals surface area contributed by atoms with Crippen LogP contribution in [-0.2, 0) is 6.42 Å². The molecule has 0 amide bonds. The average Bonchev–Trinajstić information content (AvgIpc) is 2.53. The fourth-order valence-corrected chi connectivity index (χ4v) is 2.36. The molecule has 0 saturated carbocycles. The quantitative estimate of drug-likeness (QED) is 0.869. The Morgan fingerprint density at radius 2 is 1.62 bits per heavy atom. The summed E-state index contributed by atoms with van der Waals surface area (Å²) in [6, 6.07) is 14.4. The third kappa shape index (κ3) is 4.05. The Kier molecular flexibility index (Phi) is 5.34. The van der Waals surface area contributed by atoms with Gasteiger partial charge in [0, 0.05) is 18.8 Å². The zero-order chi connectivity index (χ0) is 15.2. The van der Waals surface area contributed by atoms with Crippen LogP contribution in [0.2, 0.25) is 0 Å². The van der Waals surface area contributed by atoms with Gasteiger partial charge in [-0.05, 0) is 48.7 Å². The van der Waals surface area contributed by atoms with Crippen molar-refractivity contribution in [2.24, 2.45) is 0 Å². The van der Waals surface area contributed by atoms with E-state index < -0.39 is 6.10 Å². The number of hydrogen-bond donors (Lipinski definition) is 1. The SMILES string of the molecule is CCc1ccc(C(O)CN(CC)c2ccc(F)cc2)cc1. The van der Waals surface area contributed by atoms with Gasteiger partial charge >= 0.3 is 0 Å². The summed E-state index contributed by atoms with van der Waals surface area (Å²) in [4.78, 5) is 2.04. The molecular formula is C18H22FNO. The van der Waals surface area contributed by atoms with E-state index in [4.69, 9.17) is 0 Å². The summed E-state index contributed by atoms with van der Waals surface area (Å²) >= 11 is 0. The number of likely N-dealkylation sites (N-methyl/N-ethyl adjacent to an activating group) is 1. The van der Waals surface area contributed by atoms with Gasteiger partial charge in [-0.1, -0.05) is 31.2 Å². The van der Waals surface area contributed by atoms with Gasteiger partial charge in [0.2, 0.25) is 0 Å². The fourth-order valence-electron chi connectivity index (χ4n) is 2.36. The third-order valence-electron chi connectivity index (χ3n) is 3.74. The number of aliphatic hydroxyl groups is 1. The summed E-state index contributed by atoms with van der Waals surface area (Å²) in [6.45, 7) is 5.39. The first-order valence-electron chi connectivity index (χ1n) is 7.41. The molecule has 0 bridgehead atoms. The largest absolute Gasteiger partial charge is 0.387 e. The molecule has 112 valence electrons. The number of benzene rings is 2. The fraction of sp³-hybridized carbons (Fsp3) is 0.333. The van der Waals surface area contributed by atoms with E-state index in [1.165, 1.54) is 17.7 Å². The van der Waals surface area contributed by atoms with Crippen LogP contribution >= 0.6 is 0 Å². The predicted octanol–water partition coefficient (Wildman–Crippen LogP) is 3.95. The van der Waals surface area contributed by atoms with Gasteiger partial charge in [0.15, 0.2) is 0 Å². The summed E-state index contributed by atoms with van der Waals surface area (Å²) < 4.78 is 13.0. The number of hydrogen-bond acceptors (Lipinski definition) is 2. The smallest absolute Gasteiger partial charge is 0.123 e. The number of nitrogens with zero attached hydrogens (tertiary/aromatic N) is 1. The number of anilines is 1. The molecule has 0 fully saturated rings. The van der Waals surface area contributed by atoms with Crippen molar-refractivity contribution in [1.82, 2.24) is 0 Å². The summed E-state index contributed by atoms with van der Waals surface area (Å²) in [7, 11) is 0. The maximum atomic E-state index is 13.0. The molecule has 0 aliphatic carbocycles. The van der Waals surface area contributed by atoms with Crippen molar-refractivity contribution >= 4 is 5.69 Å². The lowest BCUT2D eigenvalue weighted by Gasteiger charge is -2.26. The topological polar surface area (TPSA) is 23.5 Å². The van der Waals surface area contributed by atoms with E-state index in [0.29, 0.717) is 6.54 Å². The average molecular weight is 287 g/mol. The van der Waals surface area contributed by atoms with Gasteiger partial charge in [-0.25, -0.2) is 4.39 Å². The van der Waals surface area contributed by atoms with Crippen LogP contribution in [0.25, 0.3) is 0 Å². The van der Waals surface area contributed by atoms with Crippen LogP contribution in [0.3, 0.4) is 0 Å². The minimum absolute atomic E-state index is 0.245. The molecule has 3 heteroatoms. The Hall–Kier alpha value is -1.87. The van der Waals surface area contributed by atoms with E-state index in [-0.39, 0.29) is 5.82 Å². The van der Waals surface area contributed by atoms with Gasteiger partial charge < -0.3 is 10.0 Å². The number of rotatable bonds is 6. The first-order chi connectivity index (χ1) is 10.1. The van der Waals surface area contributed by atoms with Crippen LogP contribution in [0.4, 0.5) is 10.1 Å². The van der Waals surface area contributed by atoms with Crippen molar-refractivity contribution in [3.63, 3.8) is 0 Å². The summed E-state index contributed by atoms with van der Waals surface area (Å²) in [5.41, 5.74) is 3.09. The Balaban J connectivity index is 2.08. The van der Waals surface area contributed by atoms with Crippen LogP contribution in [0.5, 0.6) is 0 Å². The molecule has 0 aromatic heterocycles. The van der Waals surface area contributed by atoms with E-state index in [0.717, 1.165) is 24.2 Å². The molecule has 0 aliphatic rings. The lowest BCUT2D eigenvalue weighted by molar-refractivity contribution is 0.183. The van der Waals surface area contributed by atoms with Gasteiger partial charge in [-0.2, -0.15) is 0 Å². The molecule has 0 heterocycles. The van der Waals surface area contributed by atoms with E-state index in [9.17, 15) is 9.50 Å². The van der Waals surface area contributed by atoms with Crippen LogP contribution in [0.1, 0.15) is 31.1 Å². The molecule has 2 nitrogen and oxygen atoms in total. The monoisotopic (exact) mass is 287 g/mol. The maximum absolute atomic E-state index is 13.0. The Labute approximate surface area is 125 Å². The summed E-state index contributed by atoms with van der Waals surface area (Å²) in [5.74, 6) is -0.245. The highest BCUT2D eigenvalue weighted by Crippen LogP contribution is 2.20. The second-order valence-corrected chi connectivity index (χ2v) is 5.13. The van der Waals surface area contributed by atoms with Gasteiger partial charge in [0.1, 0.15) is 5.82 Å². The van der Waals surface area contributed by atoms with Gasteiger partial charge in [-0.3, -0.25) is 0 Å². The minimum atomic E-state index is -0.555. The molecule has 0 spiro atoms. The molecule has 21 heavy (non-hydrogen) atoms. The number of aryl methyl sites for hydroxylation is 1. The van der Waals surface area contributed by atoms with Crippen LogP contribution in [-0.4, -0.2) is 18.2 Å². The minimum Gasteiger partial charge on any atom is -0.387 e. The first-order valence-corrected chi connectivity index (χ1v) is 7.41. The summed E-state index contributed by atoms with van der Waals surface area (Å²) in [6.07, 6.45) is 0.438. The lowest BCUT2D eigenvalue weighted by Crippen LogP contribution is -2.28. The predicted molar refractivity (Wildman–Crippen MR) is 85.1 cm³/mol. The van der Waals surface area contributed by atoms with Gasteiger partial charge in [0.25, 0.3) is 0 Å². The highest BCUT2D eigenvalue weighted by atomic mass is 19.1. The van der Waals surface area contributed by atoms with Crippen molar-refractivity contribution < 1.29 is 9.50 Å². The van der Waals surface area contributed by atoms with Crippen LogP contribution < -0.4 is 4.90 Å². The van der Waals surface area contributed by atoms with E-state index in [1.807, 2.05) is 36.1 Å². The van der Waals surface area contributed by atoms with Crippen molar-refractivity contribution in [2.75, 3.05) is 18.0 Å². The van der Waals surface area contributed by atoms with E-state index in [2.05, 4.69) is 6.92 Å². The molecule has 2 aromatic rings. The lowest BCUT2D eigenvalue weighted by atomic mass is 10.1. The number of halogens is 1. The molecule has 0 saturated heterocycles. The molecular weight excluding hydrogens is 265 g/mol. The van der Waals surface area contributed by atoms with Crippen LogP contribution in [0, 0.1) is 5.82 Å². The first kappa shape index (κ1) is 15.5. The molecule has 1 N–H and O–H groups in total. The second kappa shape index (κ2) is 7.23. The Morgan fingerprint density at radius 3 is 2.14 bits per heavy atom. The van der Waals surface area contributed by atoms with Crippen molar-refractivity contribution in [3.8, 4) is 0 Å². The molecule has 0 aliphatic heterocycles.